The molecule has 3 rings (SSSR count). The molecule has 1 aliphatic heterocycles. The molecule has 3 amide bonds. The highest BCUT2D eigenvalue weighted by Crippen LogP contribution is 2.32. The maximum atomic E-state index is 12.9. The minimum absolute atomic E-state index is 0.128. The van der Waals surface area contributed by atoms with Crippen LogP contribution in [0.2, 0.25) is 0 Å². The van der Waals surface area contributed by atoms with Crippen molar-refractivity contribution in [2.75, 3.05) is 11.4 Å². The minimum Gasteiger partial charge on any atom is -0.480 e. The van der Waals surface area contributed by atoms with Crippen molar-refractivity contribution in [3.8, 4) is 0 Å². The number of hydrogen-bond acceptors (Lipinski definition) is 7. The highest BCUT2D eigenvalue weighted by molar-refractivity contribution is 6.04. The van der Waals surface area contributed by atoms with Gasteiger partial charge in [0, 0.05) is 12.1 Å². The third-order valence-corrected chi connectivity index (χ3v) is 5.47. The first kappa shape index (κ1) is 22.8. The van der Waals surface area contributed by atoms with Gasteiger partial charge in [-0.25, -0.2) is 9.89 Å². The molecule has 3 atom stereocenters. The third kappa shape index (κ3) is 5.07. The average molecular weight is 443 g/mol. The topological polar surface area (TPSA) is 170 Å². The van der Waals surface area contributed by atoms with Crippen molar-refractivity contribution in [3.05, 3.63) is 35.7 Å². The maximum absolute atomic E-state index is 12.9. The Morgan fingerprint density at radius 1 is 1.28 bits per heavy atom. The number of carboxylic acids is 1. The second kappa shape index (κ2) is 9.98. The van der Waals surface area contributed by atoms with Crippen LogP contribution in [0.5, 0.6) is 0 Å². The fourth-order valence-corrected chi connectivity index (χ4v) is 3.58. The molecule has 0 saturated heterocycles. The summed E-state index contributed by atoms with van der Waals surface area (Å²) in [5.41, 5.74) is 1.28. The quantitative estimate of drug-likeness (QED) is 0.399. The number of amides is 3. The van der Waals surface area contributed by atoms with Crippen LogP contribution in [0.1, 0.15) is 31.7 Å². The van der Waals surface area contributed by atoms with E-state index < -0.39 is 42.3 Å². The zero-order chi connectivity index (χ0) is 23.3. The number of benzene rings is 1. The summed E-state index contributed by atoms with van der Waals surface area (Å²) in [4.78, 5) is 50.8. The lowest BCUT2D eigenvalue weighted by Gasteiger charge is -2.25. The molecular weight excluding hydrogens is 418 g/mol. The van der Waals surface area contributed by atoms with Crippen molar-refractivity contribution >= 4 is 29.4 Å². The fourth-order valence-electron chi connectivity index (χ4n) is 3.58. The number of hydrogen-bond donors (Lipinski definition) is 4. The summed E-state index contributed by atoms with van der Waals surface area (Å²) in [7, 11) is 0. The van der Waals surface area contributed by atoms with Crippen molar-refractivity contribution in [1.82, 2.24) is 31.3 Å². The highest BCUT2D eigenvalue weighted by atomic mass is 16.4. The van der Waals surface area contributed by atoms with E-state index in [4.69, 9.17) is 0 Å². The molecule has 1 aromatic heterocycles. The Kier molecular flexibility index (Phi) is 7.13. The summed E-state index contributed by atoms with van der Waals surface area (Å²) in [5.74, 6) is -2.59. The van der Waals surface area contributed by atoms with Crippen molar-refractivity contribution in [3.63, 3.8) is 0 Å². The third-order valence-electron chi connectivity index (χ3n) is 5.47. The Hall–Kier alpha value is -3.83. The van der Waals surface area contributed by atoms with Gasteiger partial charge in [-0.1, -0.05) is 38.5 Å². The van der Waals surface area contributed by atoms with Gasteiger partial charge in [0.25, 0.3) is 0 Å². The number of H-pyrrole nitrogens is 1. The predicted octanol–water partition coefficient (Wildman–Crippen LogP) is -0.568. The van der Waals surface area contributed by atoms with E-state index >= 15 is 0 Å². The lowest BCUT2D eigenvalue weighted by atomic mass is 9.98. The van der Waals surface area contributed by atoms with E-state index in [1.165, 1.54) is 4.90 Å². The number of carbonyl (C=O) groups is 4. The van der Waals surface area contributed by atoms with Gasteiger partial charge in [-0.3, -0.25) is 19.3 Å². The standard InChI is InChI=1S/C20H25N7O5/c1-3-11(2)18(22-16(28)9-15-23-25-26-24-15)19(30)21-10-17(29)27-13-7-5-4-6-12(13)8-14(27)20(31)32/h4-7,11,14,18H,3,8-10H2,1-2H3,(H,21,30)(H,22,28)(H,31,32)(H,23,24,25,26)/t11-,14?,18-/m0/s1. The molecule has 1 aromatic carbocycles. The Bertz CT molecular complexity index is 994. The summed E-state index contributed by atoms with van der Waals surface area (Å²) in [6, 6.07) is 5.05. The first-order chi connectivity index (χ1) is 15.3. The van der Waals surface area contributed by atoms with Crippen LogP contribution in [0.4, 0.5) is 5.69 Å². The molecule has 1 unspecified atom stereocenters. The molecule has 32 heavy (non-hydrogen) atoms. The number of rotatable bonds is 9. The van der Waals surface area contributed by atoms with E-state index in [2.05, 4.69) is 31.3 Å². The van der Waals surface area contributed by atoms with Crippen LogP contribution >= 0.6 is 0 Å². The van der Waals surface area contributed by atoms with Crippen LogP contribution in [-0.2, 0) is 32.0 Å². The lowest BCUT2D eigenvalue weighted by Crippen LogP contribution is -2.53. The highest BCUT2D eigenvalue weighted by Gasteiger charge is 2.38. The van der Waals surface area contributed by atoms with Gasteiger partial charge >= 0.3 is 5.97 Å². The Morgan fingerprint density at radius 2 is 2.03 bits per heavy atom. The van der Waals surface area contributed by atoms with Gasteiger partial charge in [0.15, 0.2) is 5.82 Å². The zero-order valence-electron chi connectivity index (χ0n) is 17.7. The number of carbonyl (C=O) groups excluding carboxylic acids is 3. The Morgan fingerprint density at radius 3 is 2.69 bits per heavy atom. The van der Waals surface area contributed by atoms with Gasteiger partial charge in [-0.2, -0.15) is 0 Å². The molecule has 12 heteroatoms. The average Bonchev–Trinajstić information content (AvgIpc) is 3.42. The summed E-state index contributed by atoms with van der Waals surface area (Å²) >= 11 is 0. The Labute approximate surface area is 183 Å². The van der Waals surface area contributed by atoms with Crippen molar-refractivity contribution in [2.24, 2.45) is 5.92 Å². The smallest absolute Gasteiger partial charge is 0.327 e. The number of tetrazole rings is 1. The van der Waals surface area contributed by atoms with Crippen LogP contribution < -0.4 is 15.5 Å². The molecule has 0 aliphatic carbocycles. The summed E-state index contributed by atoms with van der Waals surface area (Å²) in [6.07, 6.45) is 0.682. The zero-order valence-corrected chi connectivity index (χ0v) is 17.7. The molecule has 1 aliphatic rings. The van der Waals surface area contributed by atoms with Crippen molar-refractivity contribution in [2.45, 2.75) is 45.2 Å². The number of aromatic nitrogens is 4. The molecule has 0 bridgehead atoms. The van der Waals surface area contributed by atoms with E-state index in [-0.39, 0.29) is 24.6 Å². The van der Waals surface area contributed by atoms with Gasteiger partial charge < -0.3 is 15.7 Å². The van der Waals surface area contributed by atoms with Crippen LogP contribution in [0.15, 0.2) is 24.3 Å². The summed E-state index contributed by atoms with van der Waals surface area (Å²) < 4.78 is 0. The van der Waals surface area contributed by atoms with Crippen LogP contribution in [0.3, 0.4) is 0 Å². The number of carboxylic acid groups (broad SMARTS) is 1. The summed E-state index contributed by atoms with van der Waals surface area (Å²) in [5, 5.41) is 27.6. The molecular formula is C20H25N7O5. The van der Waals surface area contributed by atoms with E-state index in [9.17, 15) is 24.3 Å². The second-order valence-electron chi connectivity index (χ2n) is 7.62. The molecule has 12 nitrogen and oxygen atoms in total. The van der Waals surface area contributed by atoms with Crippen LogP contribution in [0, 0.1) is 5.92 Å². The number of nitrogens with one attached hydrogen (secondary N) is 3. The molecule has 4 N–H and O–H groups in total. The van der Waals surface area contributed by atoms with Crippen molar-refractivity contribution < 1.29 is 24.3 Å². The minimum atomic E-state index is -1.12. The number of aromatic amines is 1. The first-order valence-electron chi connectivity index (χ1n) is 10.2. The molecule has 2 heterocycles. The molecule has 170 valence electrons. The molecule has 0 saturated carbocycles. The van der Waals surface area contributed by atoms with Gasteiger partial charge in [0.2, 0.25) is 17.7 Å². The number of anilines is 1. The fraction of sp³-hybridized carbons (Fsp3) is 0.450. The van der Waals surface area contributed by atoms with E-state index in [1.807, 2.05) is 6.92 Å². The van der Waals surface area contributed by atoms with Gasteiger partial charge in [-0.15, -0.1) is 5.10 Å². The SMILES string of the molecule is CC[C@H](C)[C@H](NC(=O)Cc1nnn[nH]1)C(=O)NCC(=O)N1c2ccccc2CC1C(=O)O. The van der Waals surface area contributed by atoms with E-state index in [0.717, 1.165) is 5.56 Å². The molecule has 0 radical (unpaired) electrons. The van der Waals surface area contributed by atoms with Crippen molar-refractivity contribution in [1.29, 1.82) is 0 Å². The number of para-hydroxylation sites is 1. The monoisotopic (exact) mass is 443 g/mol. The Balaban J connectivity index is 1.65. The van der Waals surface area contributed by atoms with E-state index in [0.29, 0.717) is 12.1 Å². The predicted molar refractivity (Wildman–Crippen MR) is 111 cm³/mol. The maximum Gasteiger partial charge on any atom is 0.327 e. The number of fused-ring (bicyclic) bond motifs is 1. The van der Waals surface area contributed by atoms with Crippen LogP contribution in [0.25, 0.3) is 0 Å². The molecule has 0 spiro atoms. The van der Waals surface area contributed by atoms with Gasteiger partial charge in [0.1, 0.15) is 12.1 Å². The molecule has 0 fully saturated rings. The largest absolute Gasteiger partial charge is 0.480 e. The van der Waals surface area contributed by atoms with Gasteiger partial charge in [0.05, 0.1) is 13.0 Å². The normalized spacial score (nSPS) is 16.7. The van der Waals surface area contributed by atoms with E-state index in [1.54, 1.807) is 31.2 Å². The van der Waals surface area contributed by atoms with Crippen LogP contribution in [-0.4, -0.2) is 68.0 Å². The van der Waals surface area contributed by atoms with Gasteiger partial charge in [-0.05, 0) is 28.0 Å². The second-order valence-corrected chi connectivity index (χ2v) is 7.62. The number of aliphatic carboxylic acids is 1. The lowest BCUT2D eigenvalue weighted by molar-refractivity contribution is -0.139. The number of nitrogens with zero attached hydrogens (tertiary/aromatic N) is 4. The summed E-state index contributed by atoms with van der Waals surface area (Å²) in [6.45, 7) is 3.28. The first-order valence-corrected chi connectivity index (χ1v) is 10.2. The molecule has 2 aromatic rings.